The van der Waals surface area contributed by atoms with Gasteiger partial charge in [-0.05, 0) is 35.1 Å². The quantitative estimate of drug-likeness (QED) is 0.846. The lowest BCUT2D eigenvalue weighted by Gasteiger charge is -2.20. The van der Waals surface area contributed by atoms with E-state index in [1.165, 1.54) is 5.39 Å². The van der Waals surface area contributed by atoms with Crippen LogP contribution in [-0.4, -0.2) is 11.2 Å². The molecule has 0 amide bonds. The smallest absolute Gasteiger partial charge is 0.0761 e. The van der Waals surface area contributed by atoms with Crippen LogP contribution in [0.25, 0.3) is 10.8 Å². The van der Waals surface area contributed by atoms with Crippen molar-refractivity contribution in [2.45, 2.75) is 25.0 Å². The van der Waals surface area contributed by atoms with Crippen molar-refractivity contribution in [2.75, 3.05) is 0 Å². The molecule has 0 radical (unpaired) electrons. The van der Waals surface area contributed by atoms with Gasteiger partial charge < -0.3 is 10.8 Å². The van der Waals surface area contributed by atoms with E-state index >= 15 is 0 Å². The Hall–Kier alpha value is -1.38. The van der Waals surface area contributed by atoms with E-state index in [-0.39, 0.29) is 6.04 Å². The highest BCUT2D eigenvalue weighted by Gasteiger charge is 2.34. The monoisotopic (exact) mass is 227 g/mol. The first kappa shape index (κ1) is 10.8. The van der Waals surface area contributed by atoms with Crippen molar-refractivity contribution in [1.29, 1.82) is 0 Å². The van der Waals surface area contributed by atoms with Crippen molar-refractivity contribution in [3.63, 3.8) is 0 Å². The van der Waals surface area contributed by atoms with Gasteiger partial charge in [0.1, 0.15) is 0 Å². The summed E-state index contributed by atoms with van der Waals surface area (Å²) in [6.45, 7) is 0. The van der Waals surface area contributed by atoms with Crippen LogP contribution in [0.3, 0.4) is 0 Å². The average molecular weight is 227 g/mol. The summed E-state index contributed by atoms with van der Waals surface area (Å²) < 4.78 is 0. The number of aliphatic hydroxyl groups excluding tert-OH is 1. The molecule has 0 aliphatic heterocycles. The van der Waals surface area contributed by atoms with E-state index in [1.807, 2.05) is 24.3 Å². The standard InChI is InChI=1S/C15H17NO/c16-14(15(17)11-8-9-11)13-7-3-5-10-4-1-2-6-12(10)13/h1-7,11,14-15,17H,8-9,16H2/t14-,15+/m1/s1. The van der Waals surface area contributed by atoms with Crippen molar-refractivity contribution >= 4 is 10.8 Å². The zero-order valence-corrected chi connectivity index (χ0v) is 9.71. The molecule has 2 nitrogen and oxygen atoms in total. The minimum atomic E-state index is -0.402. The molecule has 2 atom stereocenters. The maximum Gasteiger partial charge on any atom is 0.0761 e. The zero-order valence-electron chi connectivity index (χ0n) is 9.71. The normalized spacial score (nSPS) is 19.2. The van der Waals surface area contributed by atoms with Crippen molar-refractivity contribution in [3.05, 3.63) is 48.0 Å². The van der Waals surface area contributed by atoms with E-state index in [0.717, 1.165) is 23.8 Å². The number of hydrogen-bond donors (Lipinski definition) is 2. The number of hydrogen-bond acceptors (Lipinski definition) is 2. The first-order valence-electron chi connectivity index (χ1n) is 6.18. The molecule has 0 bridgehead atoms. The van der Waals surface area contributed by atoms with Crippen LogP contribution in [0.5, 0.6) is 0 Å². The third kappa shape index (κ3) is 1.94. The molecule has 1 saturated carbocycles. The lowest BCUT2D eigenvalue weighted by Crippen LogP contribution is -2.28. The fourth-order valence-electron chi connectivity index (χ4n) is 2.46. The van der Waals surface area contributed by atoms with Crippen LogP contribution in [0.15, 0.2) is 42.5 Å². The van der Waals surface area contributed by atoms with Crippen LogP contribution in [-0.2, 0) is 0 Å². The highest BCUT2D eigenvalue weighted by Crippen LogP contribution is 2.38. The molecule has 17 heavy (non-hydrogen) atoms. The number of fused-ring (bicyclic) bond motifs is 1. The summed E-state index contributed by atoms with van der Waals surface area (Å²) in [4.78, 5) is 0. The van der Waals surface area contributed by atoms with E-state index in [2.05, 4.69) is 18.2 Å². The highest BCUT2D eigenvalue weighted by molar-refractivity contribution is 5.86. The van der Waals surface area contributed by atoms with Crippen LogP contribution >= 0.6 is 0 Å². The van der Waals surface area contributed by atoms with Crippen LogP contribution in [0.2, 0.25) is 0 Å². The maximum absolute atomic E-state index is 10.1. The minimum Gasteiger partial charge on any atom is -0.391 e. The summed E-state index contributed by atoms with van der Waals surface area (Å²) in [5, 5.41) is 12.5. The Balaban J connectivity index is 2.03. The minimum absolute atomic E-state index is 0.270. The van der Waals surface area contributed by atoms with E-state index in [0.29, 0.717) is 5.92 Å². The van der Waals surface area contributed by atoms with Gasteiger partial charge in [0, 0.05) is 0 Å². The Morgan fingerprint density at radius 2 is 1.76 bits per heavy atom. The molecule has 1 aliphatic carbocycles. The maximum atomic E-state index is 10.1. The SMILES string of the molecule is N[C@H](c1cccc2ccccc12)[C@@H](O)C1CC1. The van der Waals surface area contributed by atoms with Crippen LogP contribution < -0.4 is 5.73 Å². The van der Waals surface area contributed by atoms with Crippen molar-refractivity contribution in [3.8, 4) is 0 Å². The van der Waals surface area contributed by atoms with Gasteiger partial charge in [-0.1, -0.05) is 42.5 Å². The summed E-state index contributed by atoms with van der Waals surface area (Å²) in [5.41, 5.74) is 7.25. The van der Waals surface area contributed by atoms with Crippen LogP contribution in [0.1, 0.15) is 24.4 Å². The molecule has 2 heteroatoms. The van der Waals surface area contributed by atoms with Gasteiger partial charge in [-0.3, -0.25) is 0 Å². The van der Waals surface area contributed by atoms with Gasteiger partial charge in [-0.25, -0.2) is 0 Å². The zero-order chi connectivity index (χ0) is 11.8. The molecular weight excluding hydrogens is 210 g/mol. The number of aliphatic hydroxyl groups is 1. The predicted molar refractivity (Wildman–Crippen MR) is 69.6 cm³/mol. The Bertz CT molecular complexity index is 528. The average Bonchev–Trinajstić information content (AvgIpc) is 3.20. The Labute approximate surface area is 101 Å². The van der Waals surface area contributed by atoms with Gasteiger partial charge in [0.05, 0.1) is 12.1 Å². The fourth-order valence-corrected chi connectivity index (χ4v) is 2.46. The lowest BCUT2D eigenvalue weighted by molar-refractivity contribution is 0.123. The highest BCUT2D eigenvalue weighted by atomic mass is 16.3. The Morgan fingerprint density at radius 1 is 1.06 bits per heavy atom. The summed E-state index contributed by atoms with van der Waals surface area (Å²) in [6.07, 6.45) is 1.82. The fraction of sp³-hybridized carbons (Fsp3) is 0.333. The lowest BCUT2D eigenvalue weighted by atomic mass is 9.94. The van der Waals surface area contributed by atoms with Gasteiger partial charge in [0.2, 0.25) is 0 Å². The number of rotatable bonds is 3. The molecule has 88 valence electrons. The van der Waals surface area contributed by atoms with Crippen molar-refractivity contribution in [1.82, 2.24) is 0 Å². The summed E-state index contributed by atoms with van der Waals surface area (Å²) in [5.74, 6) is 0.406. The number of benzene rings is 2. The molecule has 1 fully saturated rings. The van der Waals surface area contributed by atoms with Crippen molar-refractivity contribution < 1.29 is 5.11 Å². The summed E-state index contributed by atoms with van der Waals surface area (Å²) in [7, 11) is 0. The van der Waals surface area contributed by atoms with Crippen LogP contribution in [0, 0.1) is 5.92 Å². The van der Waals surface area contributed by atoms with Crippen LogP contribution in [0.4, 0.5) is 0 Å². The molecule has 2 aromatic rings. The molecule has 2 aromatic carbocycles. The molecule has 0 saturated heterocycles. The molecular formula is C15H17NO. The third-order valence-electron chi connectivity index (χ3n) is 3.66. The largest absolute Gasteiger partial charge is 0.391 e. The van der Waals surface area contributed by atoms with E-state index in [1.54, 1.807) is 0 Å². The van der Waals surface area contributed by atoms with Gasteiger partial charge in [-0.15, -0.1) is 0 Å². The third-order valence-corrected chi connectivity index (χ3v) is 3.66. The first-order chi connectivity index (χ1) is 8.27. The predicted octanol–water partition coefficient (Wildman–Crippen LogP) is 2.61. The first-order valence-corrected chi connectivity index (χ1v) is 6.18. The molecule has 0 unspecified atom stereocenters. The Kier molecular flexibility index (Phi) is 2.61. The van der Waals surface area contributed by atoms with Gasteiger partial charge in [-0.2, -0.15) is 0 Å². The molecule has 3 rings (SSSR count). The second-order valence-corrected chi connectivity index (χ2v) is 4.92. The van der Waals surface area contributed by atoms with Gasteiger partial charge >= 0.3 is 0 Å². The molecule has 0 aromatic heterocycles. The summed E-state index contributed by atoms with van der Waals surface area (Å²) in [6, 6.07) is 14.0. The van der Waals surface area contributed by atoms with Gasteiger partial charge in [0.25, 0.3) is 0 Å². The Morgan fingerprint density at radius 3 is 2.53 bits per heavy atom. The van der Waals surface area contributed by atoms with E-state index in [4.69, 9.17) is 5.73 Å². The van der Waals surface area contributed by atoms with Gasteiger partial charge in [0.15, 0.2) is 0 Å². The van der Waals surface area contributed by atoms with E-state index < -0.39 is 6.10 Å². The topological polar surface area (TPSA) is 46.2 Å². The molecule has 0 heterocycles. The number of nitrogens with two attached hydrogens (primary N) is 1. The van der Waals surface area contributed by atoms with E-state index in [9.17, 15) is 5.11 Å². The molecule has 0 spiro atoms. The second kappa shape index (κ2) is 4.13. The summed E-state index contributed by atoms with van der Waals surface area (Å²) >= 11 is 0. The van der Waals surface area contributed by atoms with Crippen molar-refractivity contribution in [2.24, 2.45) is 11.7 Å². The second-order valence-electron chi connectivity index (χ2n) is 4.92. The molecule has 1 aliphatic rings. The molecule has 3 N–H and O–H groups in total.